The van der Waals surface area contributed by atoms with Crippen LogP contribution in [-0.2, 0) is 4.79 Å². The topological polar surface area (TPSA) is 108 Å². The molecule has 148 valence electrons. The number of rotatable bonds is 8. The number of anilines is 1. The van der Waals surface area contributed by atoms with Crippen molar-refractivity contribution < 1.29 is 24.0 Å². The van der Waals surface area contributed by atoms with E-state index in [-0.39, 0.29) is 36.0 Å². The number of carbonyl (C=O) groups is 2. The Balaban J connectivity index is 2.14. The van der Waals surface area contributed by atoms with Gasteiger partial charge in [-0.15, -0.1) is 0 Å². The number of Topliss-reactive ketones (excluding diaryl/α,β-unsaturated/α-hetero) is 1. The minimum absolute atomic E-state index is 0.0281. The molecule has 28 heavy (non-hydrogen) atoms. The molecule has 1 amide bonds. The van der Waals surface area contributed by atoms with Gasteiger partial charge in [-0.05, 0) is 30.7 Å². The van der Waals surface area contributed by atoms with E-state index in [2.05, 4.69) is 5.32 Å². The molecule has 8 nitrogen and oxygen atoms in total. The summed E-state index contributed by atoms with van der Waals surface area (Å²) >= 11 is 5.92. The van der Waals surface area contributed by atoms with E-state index in [1.807, 2.05) is 0 Å². The summed E-state index contributed by atoms with van der Waals surface area (Å²) in [5.74, 6) is -0.373. The van der Waals surface area contributed by atoms with Gasteiger partial charge in [0.2, 0.25) is 0 Å². The Morgan fingerprint density at radius 3 is 2.54 bits per heavy atom. The van der Waals surface area contributed by atoms with Crippen LogP contribution in [0.15, 0.2) is 30.3 Å². The van der Waals surface area contributed by atoms with Crippen molar-refractivity contribution in [2.75, 3.05) is 19.0 Å². The number of carbonyl (C=O) groups excluding carboxylic acids is 2. The first-order chi connectivity index (χ1) is 13.3. The fourth-order valence-electron chi connectivity index (χ4n) is 2.48. The number of hydrogen-bond donors (Lipinski definition) is 1. The molecule has 0 aromatic heterocycles. The van der Waals surface area contributed by atoms with Gasteiger partial charge >= 0.3 is 5.69 Å². The van der Waals surface area contributed by atoms with E-state index in [4.69, 9.17) is 21.1 Å². The van der Waals surface area contributed by atoms with E-state index in [9.17, 15) is 19.7 Å². The van der Waals surface area contributed by atoms with Crippen LogP contribution in [0.5, 0.6) is 11.5 Å². The number of nitrogens with one attached hydrogen (secondary N) is 1. The molecule has 0 heterocycles. The fraction of sp³-hybridized carbons (Fsp3) is 0.263. The van der Waals surface area contributed by atoms with E-state index < -0.39 is 10.8 Å². The number of ketones is 1. The van der Waals surface area contributed by atoms with Gasteiger partial charge < -0.3 is 14.8 Å². The van der Waals surface area contributed by atoms with Gasteiger partial charge in [0.05, 0.1) is 17.6 Å². The molecular formula is C19H19ClN2O6. The van der Waals surface area contributed by atoms with Gasteiger partial charge in [0.25, 0.3) is 5.91 Å². The molecule has 2 aromatic carbocycles. The molecular weight excluding hydrogens is 388 g/mol. The molecule has 0 aliphatic carbocycles. The largest absolute Gasteiger partial charge is 0.490 e. The van der Waals surface area contributed by atoms with E-state index in [0.717, 1.165) is 0 Å². The third kappa shape index (κ3) is 4.98. The normalized spacial score (nSPS) is 10.3. The number of amides is 1. The number of benzene rings is 2. The second-order valence-corrected chi connectivity index (χ2v) is 6.29. The summed E-state index contributed by atoms with van der Waals surface area (Å²) in [5, 5.41) is 14.1. The van der Waals surface area contributed by atoms with E-state index in [1.165, 1.54) is 31.4 Å². The molecule has 0 radical (unpaired) electrons. The van der Waals surface area contributed by atoms with Gasteiger partial charge in [-0.3, -0.25) is 19.7 Å². The van der Waals surface area contributed by atoms with Gasteiger partial charge in [-0.1, -0.05) is 18.5 Å². The Morgan fingerprint density at radius 1 is 1.21 bits per heavy atom. The van der Waals surface area contributed by atoms with Gasteiger partial charge in [0, 0.05) is 29.3 Å². The maximum Gasteiger partial charge on any atom is 0.311 e. The molecule has 2 aromatic rings. The molecule has 0 bridgehead atoms. The quantitative estimate of drug-likeness (QED) is 0.400. The van der Waals surface area contributed by atoms with Crippen LogP contribution in [-0.4, -0.2) is 30.3 Å². The standard InChI is InChI=1S/C19H19ClN2O6/c1-4-16(23)13-8-12(20)5-6-17(13)28-10-19(24)21-14-9-18(27-3)15(22(25)26)7-11(14)2/h5-9H,4,10H2,1-3H3,(H,21,24). The Labute approximate surface area is 166 Å². The van der Waals surface area contributed by atoms with Crippen molar-refractivity contribution in [2.24, 2.45) is 0 Å². The second-order valence-electron chi connectivity index (χ2n) is 5.85. The molecule has 0 aliphatic heterocycles. The highest BCUT2D eigenvalue weighted by Crippen LogP contribution is 2.32. The lowest BCUT2D eigenvalue weighted by molar-refractivity contribution is -0.385. The van der Waals surface area contributed by atoms with E-state index in [0.29, 0.717) is 21.8 Å². The van der Waals surface area contributed by atoms with E-state index in [1.54, 1.807) is 19.9 Å². The maximum absolute atomic E-state index is 12.3. The molecule has 9 heteroatoms. The third-order valence-corrected chi connectivity index (χ3v) is 4.15. The van der Waals surface area contributed by atoms with Crippen LogP contribution >= 0.6 is 11.6 Å². The van der Waals surface area contributed by atoms with Crippen LogP contribution in [0.4, 0.5) is 11.4 Å². The predicted molar refractivity (Wildman–Crippen MR) is 105 cm³/mol. The first-order valence-electron chi connectivity index (χ1n) is 8.35. The van der Waals surface area contributed by atoms with Crippen LogP contribution in [0.1, 0.15) is 29.3 Å². The third-order valence-electron chi connectivity index (χ3n) is 3.92. The predicted octanol–water partition coefficient (Wildman–Crippen LogP) is 4.18. The fourth-order valence-corrected chi connectivity index (χ4v) is 2.65. The van der Waals surface area contributed by atoms with Gasteiger partial charge in [0.15, 0.2) is 18.1 Å². The van der Waals surface area contributed by atoms with Crippen molar-refractivity contribution in [3.63, 3.8) is 0 Å². The number of nitrogens with zero attached hydrogens (tertiary/aromatic N) is 1. The van der Waals surface area contributed by atoms with Crippen molar-refractivity contribution in [3.8, 4) is 11.5 Å². The Kier molecular flexibility index (Phi) is 6.94. The Morgan fingerprint density at radius 2 is 1.93 bits per heavy atom. The zero-order chi connectivity index (χ0) is 20.8. The lowest BCUT2D eigenvalue weighted by Gasteiger charge is -2.13. The zero-order valence-electron chi connectivity index (χ0n) is 15.6. The molecule has 0 spiro atoms. The highest BCUT2D eigenvalue weighted by Gasteiger charge is 2.19. The van der Waals surface area contributed by atoms with Crippen LogP contribution < -0.4 is 14.8 Å². The van der Waals surface area contributed by atoms with Crippen molar-refractivity contribution in [1.29, 1.82) is 0 Å². The zero-order valence-corrected chi connectivity index (χ0v) is 16.3. The molecule has 0 saturated carbocycles. The van der Waals surface area contributed by atoms with Crippen molar-refractivity contribution >= 4 is 34.7 Å². The number of aryl methyl sites for hydroxylation is 1. The number of methoxy groups -OCH3 is 1. The lowest BCUT2D eigenvalue weighted by atomic mass is 10.1. The Bertz CT molecular complexity index is 929. The molecule has 1 N–H and O–H groups in total. The first-order valence-corrected chi connectivity index (χ1v) is 8.73. The van der Waals surface area contributed by atoms with Crippen molar-refractivity contribution in [3.05, 3.63) is 56.6 Å². The number of ether oxygens (including phenoxy) is 2. The van der Waals surface area contributed by atoms with Crippen molar-refractivity contribution in [1.82, 2.24) is 0 Å². The molecule has 0 aliphatic rings. The monoisotopic (exact) mass is 406 g/mol. The number of nitro benzene ring substituents is 1. The van der Waals surface area contributed by atoms with E-state index >= 15 is 0 Å². The first kappa shape index (κ1) is 21.2. The van der Waals surface area contributed by atoms with Crippen LogP contribution in [0.25, 0.3) is 0 Å². The van der Waals surface area contributed by atoms with Gasteiger partial charge in [-0.2, -0.15) is 0 Å². The summed E-state index contributed by atoms with van der Waals surface area (Å²) < 4.78 is 10.5. The highest BCUT2D eigenvalue weighted by molar-refractivity contribution is 6.31. The summed E-state index contributed by atoms with van der Waals surface area (Å²) in [6.07, 6.45) is 0.269. The summed E-state index contributed by atoms with van der Waals surface area (Å²) in [6, 6.07) is 7.27. The maximum atomic E-state index is 12.3. The molecule has 0 saturated heterocycles. The smallest absolute Gasteiger partial charge is 0.311 e. The molecule has 2 rings (SSSR count). The van der Waals surface area contributed by atoms with Crippen LogP contribution in [0.2, 0.25) is 5.02 Å². The summed E-state index contributed by atoms with van der Waals surface area (Å²) in [7, 11) is 1.30. The average molecular weight is 407 g/mol. The highest BCUT2D eigenvalue weighted by atomic mass is 35.5. The summed E-state index contributed by atoms with van der Waals surface area (Å²) in [5.41, 5.74) is 0.959. The lowest BCUT2D eigenvalue weighted by Crippen LogP contribution is -2.21. The minimum atomic E-state index is -0.562. The van der Waals surface area contributed by atoms with Gasteiger partial charge in [0.1, 0.15) is 5.75 Å². The summed E-state index contributed by atoms with van der Waals surface area (Å²) in [4.78, 5) is 34.7. The SMILES string of the molecule is CCC(=O)c1cc(Cl)ccc1OCC(=O)Nc1cc(OC)c([N+](=O)[O-])cc1C. The molecule has 0 atom stereocenters. The summed E-state index contributed by atoms with van der Waals surface area (Å²) in [6.45, 7) is 2.98. The average Bonchev–Trinajstić information content (AvgIpc) is 2.67. The van der Waals surface area contributed by atoms with Crippen LogP contribution in [0, 0.1) is 17.0 Å². The van der Waals surface area contributed by atoms with Crippen LogP contribution in [0.3, 0.4) is 0 Å². The second kappa shape index (κ2) is 9.18. The number of hydrogen-bond acceptors (Lipinski definition) is 6. The molecule has 0 fully saturated rings. The van der Waals surface area contributed by atoms with Crippen molar-refractivity contribution in [2.45, 2.75) is 20.3 Å². The molecule has 0 unspecified atom stereocenters. The Hall–Kier alpha value is -3.13. The van der Waals surface area contributed by atoms with Gasteiger partial charge in [-0.25, -0.2) is 0 Å². The number of nitro groups is 1. The number of halogens is 1. The minimum Gasteiger partial charge on any atom is -0.490 e.